The molecule has 1 saturated carbocycles. The van der Waals surface area contributed by atoms with E-state index >= 15 is 0 Å². The quantitative estimate of drug-likeness (QED) is 0.143. The summed E-state index contributed by atoms with van der Waals surface area (Å²) < 4.78 is 104. The van der Waals surface area contributed by atoms with Crippen molar-refractivity contribution < 1.29 is 59.6 Å². The van der Waals surface area contributed by atoms with Gasteiger partial charge < -0.3 is 33.5 Å². The van der Waals surface area contributed by atoms with Crippen LogP contribution in [0.15, 0.2) is 85.1 Å². The van der Waals surface area contributed by atoms with Gasteiger partial charge in [-0.25, -0.2) is 14.6 Å². The van der Waals surface area contributed by atoms with Crippen molar-refractivity contribution in [3.8, 4) is 34.6 Å². The SMILES string of the molecule is O=C(Oc1ccc(Oc2ccc(C(F)(F)F)cc2)cc1)N1CCN(CC2CC2)CC1.O=C(Oc1ccc(Oc2ncc(C(F)(F)F)cc2Cl)cc1)N1CCN(CC2CCCO2)CC1. The second kappa shape index (κ2) is 20.5. The Labute approximate surface area is 365 Å². The maximum absolute atomic E-state index is 12.7. The highest BCUT2D eigenvalue weighted by atomic mass is 35.5. The number of piperazine rings is 2. The minimum atomic E-state index is -4.54. The van der Waals surface area contributed by atoms with E-state index in [0.29, 0.717) is 49.6 Å². The number of hydrogen-bond acceptors (Lipinski definition) is 10. The lowest BCUT2D eigenvalue weighted by Gasteiger charge is -2.35. The van der Waals surface area contributed by atoms with Gasteiger partial charge in [-0.3, -0.25) is 9.80 Å². The van der Waals surface area contributed by atoms with Gasteiger partial charge in [0.05, 0.1) is 17.2 Å². The van der Waals surface area contributed by atoms with Gasteiger partial charge >= 0.3 is 24.5 Å². The van der Waals surface area contributed by atoms with Crippen LogP contribution in [0.3, 0.4) is 0 Å². The van der Waals surface area contributed by atoms with E-state index in [1.165, 1.54) is 49.2 Å². The number of alkyl halides is 6. The molecule has 1 aromatic heterocycles. The van der Waals surface area contributed by atoms with Gasteiger partial charge in [0.25, 0.3) is 0 Å². The van der Waals surface area contributed by atoms with Crippen molar-refractivity contribution in [1.82, 2.24) is 24.6 Å². The highest BCUT2D eigenvalue weighted by Gasteiger charge is 2.33. The maximum Gasteiger partial charge on any atom is 0.417 e. The lowest BCUT2D eigenvalue weighted by molar-refractivity contribution is -0.138. The zero-order chi connectivity index (χ0) is 44.6. The largest absolute Gasteiger partial charge is 0.457 e. The fraction of sp³-hybridized carbons (Fsp3) is 0.432. The van der Waals surface area contributed by atoms with Crippen molar-refractivity contribution in [2.75, 3.05) is 72.1 Å². The molecule has 338 valence electrons. The molecule has 4 aliphatic rings. The molecule has 3 aliphatic heterocycles. The standard InChI is InChI=1S/C22H23ClF3N3O4.C22H23F3N2O3/c23-19-12-15(22(24,25)26)13-27-20(19)32-16-3-5-17(6-4-16)33-21(30)29-9-7-28(8-10-29)14-18-2-1-11-31-18;23-22(24,25)17-3-5-18(6-4-17)29-19-7-9-20(10-8-19)30-21(28)27-13-11-26(12-14-27)15-16-1-2-16/h3-6,12-13,18H,1-2,7-11,14H2;3-10,16H,1-2,11-15H2. The topological polar surface area (TPSA) is 106 Å². The summed E-state index contributed by atoms with van der Waals surface area (Å²) in [5.74, 6) is 2.40. The Balaban J connectivity index is 0.000000190. The first kappa shape index (κ1) is 45.7. The summed E-state index contributed by atoms with van der Waals surface area (Å²) in [5.41, 5.74) is -1.69. The molecule has 0 radical (unpaired) electrons. The minimum absolute atomic E-state index is 0.157. The second-order valence-corrected chi connectivity index (χ2v) is 16.0. The Hall–Kier alpha value is -5.30. The molecule has 8 rings (SSSR count). The zero-order valence-electron chi connectivity index (χ0n) is 34.1. The summed E-state index contributed by atoms with van der Waals surface area (Å²) in [5, 5.41) is -0.265. The normalized spacial score (nSPS) is 18.6. The van der Waals surface area contributed by atoms with Crippen molar-refractivity contribution in [2.45, 2.75) is 44.1 Å². The van der Waals surface area contributed by atoms with Crippen LogP contribution < -0.4 is 18.9 Å². The number of amides is 2. The van der Waals surface area contributed by atoms with Gasteiger partial charge in [-0.1, -0.05) is 11.6 Å². The van der Waals surface area contributed by atoms with E-state index in [1.54, 1.807) is 34.1 Å². The van der Waals surface area contributed by atoms with Crippen LogP contribution in [-0.4, -0.2) is 115 Å². The number of ether oxygens (including phenoxy) is 5. The molecule has 0 N–H and O–H groups in total. The first-order chi connectivity index (χ1) is 30.1. The van der Waals surface area contributed by atoms with Gasteiger partial charge in [0.15, 0.2) is 0 Å². The molecule has 1 unspecified atom stereocenters. The van der Waals surface area contributed by atoms with Crippen LogP contribution >= 0.6 is 11.6 Å². The number of hydrogen-bond donors (Lipinski definition) is 0. The molecule has 19 heteroatoms. The Bertz CT molecular complexity index is 2120. The molecule has 0 bridgehead atoms. The fourth-order valence-corrected chi connectivity index (χ4v) is 7.27. The van der Waals surface area contributed by atoms with E-state index in [9.17, 15) is 35.9 Å². The first-order valence-electron chi connectivity index (χ1n) is 20.6. The average molecular weight is 906 g/mol. The Kier molecular flexibility index (Phi) is 14.9. The molecule has 12 nitrogen and oxygen atoms in total. The van der Waals surface area contributed by atoms with Crippen LogP contribution in [-0.2, 0) is 17.1 Å². The third kappa shape index (κ3) is 13.6. The third-order valence-corrected chi connectivity index (χ3v) is 11.1. The van der Waals surface area contributed by atoms with Gasteiger partial charge in [0.2, 0.25) is 5.88 Å². The molecule has 1 atom stereocenters. The van der Waals surface area contributed by atoms with Crippen LogP contribution in [0, 0.1) is 5.92 Å². The molecule has 3 aromatic carbocycles. The van der Waals surface area contributed by atoms with Crippen LogP contribution in [0.4, 0.5) is 35.9 Å². The highest BCUT2D eigenvalue weighted by Crippen LogP contribution is 2.36. The number of aromatic nitrogens is 1. The first-order valence-corrected chi connectivity index (χ1v) is 21.0. The predicted octanol–water partition coefficient (Wildman–Crippen LogP) is 9.87. The molecule has 4 heterocycles. The van der Waals surface area contributed by atoms with E-state index in [4.69, 9.17) is 35.3 Å². The average Bonchev–Trinajstić information content (AvgIpc) is 3.93. The monoisotopic (exact) mass is 905 g/mol. The van der Waals surface area contributed by atoms with Crippen molar-refractivity contribution in [3.63, 3.8) is 0 Å². The van der Waals surface area contributed by atoms with Crippen molar-refractivity contribution >= 4 is 23.8 Å². The molecular formula is C44H46ClF6N5O7. The number of carbonyl (C=O) groups excluding carboxylic acids is 2. The molecular weight excluding hydrogens is 860 g/mol. The predicted molar refractivity (Wildman–Crippen MR) is 218 cm³/mol. The van der Waals surface area contributed by atoms with Crippen LogP contribution in [0.1, 0.15) is 36.8 Å². The van der Waals surface area contributed by atoms with E-state index in [-0.39, 0.29) is 34.6 Å². The van der Waals surface area contributed by atoms with Crippen molar-refractivity contribution in [1.29, 1.82) is 0 Å². The van der Waals surface area contributed by atoms with Gasteiger partial charge in [-0.15, -0.1) is 0 Å². The van der Waals surface area contributed by atoms with Crippen LogP contribution in [0.5, 0.6) is 34.6 Å². The summed E-state index contributed by atoms with van der Waals surface area (Å²) >= 11 is 5.86. The number of carbonyl (C=O) groups is 2. The molecule has 1 aliphatic carbocycles. The lowest BCUT2D eigenvalue weighted by atomic mass is 10.2. The van der Waals surface area contributed by atoms with Gasteiger partial charge in [0.1, 0.15) is 33.8 Å². The molecule has 0 spiro atoms. The van der Waals surface area contributed by atoms with Crippen molar-refractivity contribution in [3.05, 3.63) is 101 Å². The molecule has 63 heavy (non-hydrogen) atoms. The van der Waals surface area contributed by atoms with E-state index in [2.05, 4.69) is 14.8 Å². The number of rotatable bonds is 10. The van der Waals surface area contributed by atoms with Gasteiger partial charge in [-0.05, 0) is 110 Å². The zero-order valence-corrected chi connectivity index (χ0v) is 34.8. The summed E-state index contributed by atoms with van der Waals surface area (Å²) in [7, 11) is 0. The second-order valence-electron chi connectivity index (χ2n) is 15.6. The Morgan fingerprint density at radius 3 is 1.52 bits per heavy atom. The minimum Gasteiger partial charge on any atom is -0.457 e. The molecule has 4 fully saturated rings. The smallest absolute Gasteiger partial charge is 0.417 e. The van der Waals surface area contributed by atoms with Crippen LogP contribution in [0.2, 0.25) is 5.02 Å². The Morgan fingerprint density at radius 2 is 1.08 bits per heavy atom. The summed E-state index contributed by atoms with van der Waals surface area (Å²) in [4.78, 5) is 36.5. The molecule has 2 amide bonds. The maximum atomic E-state index is 12.7. The van der Waals surface area contributed by atoms with Gasteiger partial charge in [0, 0.05) is 78.3 Å². The number of pyridine rings is 1. The summed E-state index contributed by atoms with van der Waals surface area (Å²) in [6.45, 7) is 8.57. The van der Waals surface area contributed by atoms with Crippen molar-refractivity contribution in [2.24, 2.45) is 5.92 Å². The lowest BCUT2D eigenvalue weighted by Crippen LogP contribution is -2.51. The molecule has 3 saturated heterocycles. The summed E-state index contributed by atoms with van der Waals surface area (Å²) in [6, 6.07) is 17.7. The van der Waals surface area contributed by atoms with E-state index in [0.717, 1.165) is 82.8 Å². The third-order valence-electron chi connectivity index (χ3n) is 10.8. The van der Waals surface area contributed by atoms with Gasteiger partial charge in [-0.2, -0.15) is 26.3 Å². The number of halogens is 7. The molecule has 4 aromatic rings. The fourth-order valence-electron chi connectivity index (χ4n) is 7.07. The highest BCUT2D eigenvalue weighted by molar-refractivity contribution is 6.31. The Morgan fingerprint density at radius 1 is 0.619 bits per heavy atom. The van der Waals surface area contributed by atoms with E-state index < -0.39 is 29.6 Å². The number of nitrogens with zero attached hydrogens (tertiary/aromatic N) is 5. The van der Waals surface area contributed by atoms with E-state index in [1.807, 2.05) is 0 Å². The van der Waals surface area contributed by atoms with Crippen LogP contribution in [0.25, 0.3) is 0 Å². The number of benzene rings is 3. The summed E-state index contributed by atoms with van der Waals surface area (Å²) in [6.07, 6.45) is -3.97.